The molecule has 26 heavy (non-hydrogen) atoms. The summed E-state index contributed by atoms with van der Waals surface area (Å²) in [5.41, 5.74) is 2.98. The highest BCUT2D eigenvalue weighted by Gasteiger charge is 2.11. The number of ether oxygens (including phenoxy) is 2. The van der Waals surface area contributed by atoms with Crippen LogP contribution in [0.25, 0.3) is 0 Å². The number of hydrogen-bond donors (Lipinski definition) is 1. The Labute approximate surface area is 163 Å². The van der Waals surface area contributed by atoms with E-state index in [1.807, 2.05) is 54.6 Å². The van der Waals surface area contributed by atoms with Gasteiger partial charge in [-0.1, -0.05) is 65.7 Å². The van der Waals surface area contributed by atoms with Crippen LogP contribution >= 0.6 is 23.2 Å². The van der Waals surface area contributed by atoms with Gasteiger partial charge in [0.05, 0.1) is 17.2 Å². The van der Waals surface area contributed by atoms with Crippen LogP contribution in [0.2, 0.25) is 10.0 Å². The van der Waals surface area contributed by atoms with Gasteiger partial charge >= 0.3 is 0 Å². The maximum atomic E-state index is 6.08. The lowest BCUT2D eigenvalue weighted by molar-refractivity contribution is 0.281. The molecule has 0 atom stereocenters. The molecule has 5 heteroatoms. The van der Waals surface area contributed by atoms with Crippen molar-refractivity contribution in [2.75, 3.05) is 12.4 Å². The molecule has 0 aliphatic carbocycles. The van der Waals surface area contributed by atoms with Crippen molar-refractivity contribution in [3.05, 3.63) is 87.9 Å². The van der Waals surface area contributed by atoms with Crippen LogP contribution in [0, 0.1) is 0 Å². The van der Waals surface area contributed by atoms with Crippen LogP contribution in [0.15, 0.2) is 66.7 Å². The highest BCUT2D eigenvalue weighted by Crippen LogP contribution is 2.33. The second-order valence-electron chi connectivity index (χ2n) is 5.71. The molecule has 0 bridgehead atoms. The fourth-order valence-electron chi connectivity index (χ4n) is 2.56. The molecule has 0 saturated heterocycles. The number of hydrogen-bond acceptors (Lipinski definition) is 3. The van der Waals surface area contributed by atoms with E-state index in [1.54, 1.807) is 19.2 Å². The molecule has 0 saturated carbocycles. The Bertz CT molecular complexity index is 869. The summed E-state index contributed by atoms with van der Waals surface area (Å²) in [5, 5.41) is 4.39. The molecule has 0 aliphatic rings. The first-order chi connectivity index (χ1) is 12.7. The van der Waals surface area contributed by atoms with Crippen molar-refractivity contribution in [3.8, 4) is 11.5 Å². The molecular weight excluding hydrogens is 369 g/mol. The zero-order valence-electron chi connectivity index (χ0n) is 14.3. The van der Waals surface area contributed by atoms with Crippen molar-refractivity contribution in [1.29, 1.82) is 0 Å². The van der Waals surface area contributed by atoms with E-state index in [1.165, 1.54) is 0 Å². The van der Waals surface area contributed by atoms with Crippen LogP contribution in [0.5, 0.6) is 11.5 Å². The summed E-state index contributed by atoms with van der Waals surface area (Å²) in [5.74, 6) is 1.43. The van der Waals surface area contributed by atoms with Gasteiger partial charge in [0.15, 0.2) is 11.5 Å². The van der Waals surface area contributed by atoms with Gasteiger partial charge in [0.25, 0.3) is 0 Å². The average molecular weight is 388 g/mol. The smallest absolute Gasteiger partial charge is 0.166 e. The Balaban J connectivity index is 1.76. The number of nitrogens with one attached hydrogen (secondary N) is 1. The first kappa shape index (κ1) is 18.4. The Morgan fingerprint density at radius 2 is 1.69 bits per heavy atom. The number of methoxy groups -OCH3 is 1. The van der Waals surface area contributed by atoms with Gasteiger partial charge in [-0.05, 0) is 29.8 Å². The van der Waals surface area contributed by atoms with Gasteiger partial charge in [-0.25, -0.2) is 0 Å². The van der Waals surface area contributed by atoms with Crippen LogP contribution in [0.1, 0.15) is 11.1 Å². The highest BCUT2D eigenvalue weighted by molar-refractivity contribution is 6.42. The van der Waals surface area contributed by atoms with Gasteiger partial charge in [0.2, 0.25) is 0 Å². The standard InChI is InChI=1S/C21H19Cl2NO2/c1-25-20-9-5-8-16(13-24-17-10-11-18(22)19(23)12-17)21(20)26-14-15-6-3-2-4-7-15/h2-12,24H,13-14H2,1H3. The van der Waals surface area contributed by atoms with Gasteiger partial charge in [0, 0.05) is 17.8 Å². The summed E-state index contributed by atoms with van der Waals surface area (Å²) in [6, 6.07) is 21.3. The summed E-state index contributed by atoms with van der Waals surface area (Å²) in [7, 11) is 1.64. The number of rotatable bonds is 7. The first-order valence-corrected chi connectivity index (χ1v) is 8.94. The average Bonchev–Trinajstić information content (AvgIpc) is 2.68. The van der Waals surface area contributed by atoms with Crippen LogP contribution in [-0.4, -0.2) is 7.11 Å². The van der Waals surface area contributed by atoms with Crippen molar-refractivity contribution >= 4 is 28.9 Å². The molecule has 1 N–H and O–H groups in total. The lowest BCUT2D eigenvalue weighted by Gasteiger charge is -2.16. The van der Waals surface area contributed by atoms with E-state index in [9.17, 15) is 0 Å². The van der Waals surface area contributed by atoms with Gasteiger partial charge in [-0.3, -0.25) is 0 Å². The van der Waals surface area contributed by atoms with Crippen molar-refractivity contribution in [1.82, 2.24) is 0 Å². The van der Waals surface area contributed by atoms with E-state index in [2.05, 4.69) is 5.32 Å². The van der Waals surface area contributed by atoms with Gasteiger partial charge in [0.1, 0.15) is 6.61 Å². The molecule has 3 aromatic rings. The molecular formula is C21H19Cl2NO2. The minimum Gasteiger partial charge on any atom is -0.493 e. The maximum absolute atomic E-state index is 6.08. The largest absolute Gasteiger partial charge is 0.493 e. The van der Waals surface area contributed by atoms with Gasteiger partial charge in [-0.15, -0.1) is 0 Å². The van der Waals surface area contributed by atoms with Crippen LogP contribution < -0.4 is 14.8 Å². The SMILES string of the molecule is COc1cccc(CNc2ccc(Cl)c(Cl)c2)c1OCc1ccccc1. The second-order valence-corrected chi connectivity index (χ2v) is 6.52. The van der Waals surface area contributed by atoms with E-state index < -0.39 is 0 Å². The minimum atomic E-state index is 0.473. The van der Waals surface area contributed by atoms with E-state index in [4.69, 9.17) is 32.7 Å². The van der Waals surface area contributed by atoms with Crippen molar-refractivity contribution in [3.63, 3.8) is 0 Å². The molecule has 134 valence electrons. The molecule has 0 aromatic heterocycles. The minimum absolute atomic E-state index is 0.473. The van der Waals surface area contributed by atoms with Crippen LogP contribution in [-0.2, 0) is 13.2 Å². The Morgan fingerprint density at radius 1 is 0.885 bits per heavy atom. The van der Waals surface area contributed by atoms with E-state index in [-0.39, 0.29) is 0 Å². The van der Waals surface area contributed by atoms with E-state index in [0.717, 1.165) is 22.6 Å². The zero-order chi connectivity index (χ0) is 18.4. The summed E-state index contributed by atoms with van der Waals surface area (Å²) >= 11 is 12.0. The Hall–Kier alpha value is -2.36. The summed E-state index contributed by atoms with van der Waals surface area (Å²) < 4.78 is 11.5. The molecule has 0 radical (unpaired) electrons. The van der Waals surface area contributed by atoms with Crippen molar-refractivity contribution in [2.24, 2.45) is 0 Å². The molecule has 0 unspecified atom stereocenters. The Kier molecular flexibility index (Phi) is 6.26. The zero-order valence-corrected chi connectivity index (χ0v) is 15.8. The van der Waals surface area contributed by atoms with Gasteiger partial charge in [-0.2, -0.15) is 0 Å². The maximum Gasteiger partial charge on any atom is 0.166 e. The molecule has 3 rings (SSSR count). The molecule has 0 amide bonds. The monoisotopic (exact) mass is 387 g/mol. The van der Waals surface area contributed by atoms with E-state index in [0.29, 0.717) is 28.9 Å². The predicted molar refractivity (Wildman–Crippen MR) is 108 cm³/mol. The first-order valence-electron chi connectivity index (χ1n) is 8.19. The number of halogens is 2. The quantitative estimate of drug-likeness (QED) is 0.523. The van der Waals surface area contributed by atoms with Crippen LogP contribution in [0.3, 0.4) is 0 Å². The third-order valence-electron chi connectivity index (χ3n) is 3.91. The summed E-state index contributed by atoms with van der Waals surface area (Å²) in [6.45, 7) is 1.04. The highest BCUT2D eigenvalue weighted by atomic mass is 35.5. The third kappa shape index (κ3) is 4.63. The second kappa shape index (κ2) is 8.84. The summed E-state index contributed by atoms with van der Waals surface area (Å²) in [4.78, 5) is 0. The Morgan fingerprint density at radius 3 is 2.42 bits per heavy atom. The molecule has 0 fully saturated rings. The van der Waals surface area contributed by atoms with Crippen molar-refractivity contribution < 1.29 is 9.47 Å². The topological polar surface area (TPSA) is 30.5 Å². The van der Waals surface area contributed by atoms with Gasteiger partial charge < -0.3 is 14.8 Å². The fraction of sp³-hybridized carbons (Fsp3) is 0.143. The molecule has 0 heterocycles. The number of benzene rings is 3. The molecule has 0 aliphatic heterocycles. The lowest BCUT2D eigenvalue weighted by Crippen LogP contribution is -2.05. The fourth-order valence-corrected chi connectivity index (χ4v) is 2.86. The van der Waals surface area contributed by atoms with Crippen molar-refractivity contribution in [2.45, 2.75) is 13.2 Å². The number of anilines is 1. The third-order valence-corrected chi connectivity index (χ3v) is 4.65. The number of para-hydroxylation sites is 1. The summed E-state index contributed by atoms with van der Waals surface area (Å²) in [6.07, 6.45) is 0. The molecule has 3 nitrogen and oxygen atoms in total. The normalized spacial score (nSPS) is 10.4. The lowest BCUT2D eigenvalue weighted by atomic mass is 10.1. The molecule has 0 spiro atoms. The predicted octanol–water partition coefficient (Wildman–Crippen LogP) is 6.19. The van der Waals surface area contributed by atoms with Crippen LogP contribution in [0.4, 0.5) is 5.69 Å². The van der Waals surface area contributed by atoms with E-state index >= 15 is 0 Å². The molecule has 3 aromatic carbocycles.